The van der Waals surface area contributed by atoms with E-state index in [2.05, 4.69) is 16.3 Å². The van der Waals surface area contributed by atoms with E-state index in [1.165, 1.54) is 4.90 Å². The molecule has 162 valence electrons. The van der Waals surface area contributed by atoms with E-state index >= 15 is 0 Å². The summed E-state index contributed by atoms with van der Waals surface area (Å²) in [5.41, 5.74) is 1.83. The van der Waals surface area contributed by atoms with Gasteiger partial charge in [-0.1, -0.05) is 12.1 Å². The highest BCUT2D eigenvalue weighted by molar-refractivity contribution is 5.94. The molecule has 1 amide bonds. The zero-order valence-corrected chi connectivity index (χ0v) is 18.2. The van der Waals surface area contributed by atoms with E-state index in [4.69, 9.17) is 14.2 Å². The minimum absolute atomic E-state index is 0.000358. The molecule has 1 aliphatic heterocycles. The van der Waals surface area contributed by atoms with Crippen molar-refractivity contribution in [3.63, 3.8) is 0 Å². The van der Waals surface area contributed by atoms with E-state index in [9.17, 15) is 4.79 Å². The fourth-order valence-corrected chi connectivity index (χ4v) is 3.81. The van der Waals surface area contributed by atoms with Crippen LogP contribution in [0.4, 0.5) is 11.4 Å². The number of amides is 1. The van der Waals surface area contributed by atoms with Crippen LogP contribution in [0.15, 0.2) is 42.5 Å². The Bertz CT molecular complexity index is 850. The molecule has 0 aliphatic carbocycles. The molecule has 1 fully saturated rings. The van der Waals surface area contributed by atoms with Crippen LogP contribution >= 0.6 is 0 Å². The van der Waals surface area contributed by atoms with Crippen molar-refractivity contribution in [2.24, 2.45) is 0 Å². The van der Waals surface area contributed by atoms with Gasteiger partial charge in [0.2, 0.25) is 0 Å². The van der Waals surface area contributed by atoms with Gasteiger partial charge in [0, 0.05) is 11.8 Å². The van der Waals surface area contributed by atoms with Crippen LogP contribution in [0.25, 0.3) is 0 Å². The first-order valence-corrected chi connectivity index (χ1v) is 10.4. The number of ether oxygens (including phenoxy) is 3. The number of piperazine rings is 1. The number of carbonyl (C=O) groups excluding carboxylic acids is 1. The normalized spacial score (nSPS) is 15.4. The monoisotopic (exact) mass is 414 g/mol. The molecule has 0 spiro atoms. The van der Waals surface area contributed by atoms with Gasteiger partial charge in [-0.3, -0.25) is 4.79 Å². The summed E-state index contributed by atoms with van der Waals surface area (Å²) in [6.45, 7) is 8.17. The van der Waals surface area contributed by atoms with Crippen molar-refractivity contribution >= 4 is 17.3 Å². The number of anilines is 2. The molecule has 0 aromatic heterocycles. The van der Waals surface area contributed by atoms with Crippen molar-refractivity contribution in [2.75, 3.05) is 57.2 Å². The maximum absolute atomic E-state index is 12.8. The molecular weight excluding hydrogens is 382 g/mol. The lowest BCUT2D eigenvalue weighted by Crippen LogP contribution is -3.19. The van der Waals surface area contributed by atoms with Crippen LogP contribution in [0.5, 0.6) is 17.2 Å². The molecule has 30 heavy (non-hydrogen) atoms. The molecule has 1 atom stereocenters. The second kappa shape index (κ2) is 10.2. The van der Waals surface area contributed by atoms with Gasteiger partial charge in [-0.2, -0.15) is 0 Å². The number of carbonyl (C=O) groups is 1. The number of para-hydroxylation sites is 2. The first-order valence-electron chi connectivity index (χ1n) is 10.4. The van der Waals surface area contributed by atoms with Crippen molar-refractivity contribution in [3.05, 3.63) is 42.5 Å². The van der Waals surface area contributed by atoms with Gasteiger partial charge in [-0.25, -0.2) is 0 Å². The SMILES string of the molecule is CCOc1ccccc1N1CC[NH+]([C@H](C)C(=O)Nc2ccc(OC)c(OC)c2)CC1. The van der Waals surface area contributed by atoms with E-state index in [1.807, 2.05) is 38.1 Å². The summed E-state index contributed by atoms with van der Waals surface area (Å²) in [6, 6.07) is 13.4. The highest BCUT2D eigenvalue weighted by atomic mass is 16.5. The van der Waals surface area contributed by atoms with Crippen molar-refractivity contribution < 1.29 is 23.9 Å². The first kappa shape index (κ1) is 21.8. The zero-order chi connectivity index (χ0) is 21.5. The van der Waals surface area contributed by atoms with Gasteiger partial charge in [-0.05, 0) is 38.1 Å². The van der Waals surface area contributed by atoms with Crippen LogP contribution in [0, 0.1) is 0 Å². The average Bonchev–Trinajstić information content (AvgIpc) is 2.79. The highest BCUT2D eigenvalue weighted by Gasteiger charge is 2.30. The Labute approximate surface area is 178 Å². The van der Waals surface area contributed by atoms with Crippen LogP contribution < -0.4 is 29.3 Å². The lowest BCUT2D eigenvalue weighted by Gasteiger charge is -2.36. The summed E-state index contributed by atoms with van der Waals surface area (Å²) in [6.07, 6.45) is 0. The summed E-state index contributed by atoms with van der Waals surface area (Å²) in [7, 11) is 3.17. The number of hydrogen-bond acceptors (Lipinski definition) is 5. The van der Waals surface area contributed by atoms with Gasteiger partial charge >= 0.3 is 0 Å². The Morgan fingerprint density at radius 2 is 1.77 bits per heavy atom. The molecule has 1 aliphatic rings. The Kier molecular flexibility index (Phi) is 7.41. The summed E-state index contributed by atoms with van der Waals surface area (Å²) in [4.78, 5) is 16.4. The molecule has 0 radical (unpaired) electrons. The Hall–Kier alpha value is -2.93. The number of quaternary nitrogens is 1. The molecule has 3 rings (SSSR count). The molecule has 2 aromatic rings. The molecule has 1 saturated heterocycles. The number of rotatable bonds is 8. The fraction of sp³-hybridized carbons (Fsp3) is 0.435. The van der Waals surface area contributed by atoms with Crippen molar-refractivity contribution in [1.82, 2.24) is 0 Å². The largest absolute Gasteiger partial charge is 0.493 e. The van der Waals surface area contributed by atoms with Gasteiger partial charge in [0.1, 0.15) is 5.75 Å². The Morgan fingerprint density at radius 1 is 1.07 bits per heavy atom. The topological polar surface area (TPSA) is 64.5 Å². The minimum Gasteiger partial charge on any atom is -0.493 e. The quantitative estimate of drug-likeness (QED) is 0.690. The van der Waals surface area contributed by atoms with E-state index in [1.54, 1.807) is 26.4 Å². The summed E-state index contributed by atoms with van der Waals surface area (Å²) < 4.78 is 16.3. The second-order valence-corrected chi connectivity index (χ2v) is 7.33. The van der Waals surface area contributed by atoms with Crippen LogP contribution in [-0.2, 0) is 4.79 Å². The van der Waals surface area contributed by atoms with E-state index in [0.29, 0.717) is 23.8 Å². The molecule has 2 N–H and O–H groups in total. The van der Waals surface area contributed by atoms with Gasteiger partial charge in [0.05, 0.1) is 52.7 Å². The minimum atomic E-state index is -0.151. The third-order valence-electron chi connectivity index (χ3n) is 5.57. The summed E-state index contributed by atoms with van der Waals surface area (Å²) in [5, 5.41) is 3.00. The van der Waals surface area contributed by atoms with E-state index in [0.717, 1.165) is 37.6 Å². The van der Waals surface area contributed by atoms with Crippen LogP contribution in [0.3, 0.4) is 0 Å². The van der Waals surface area contributed by atoms with Crippen molar-refractivity contribution in [3.8, 4) is 17.2 Å². The standard InChI is InChI=1S/C23H31N3O4/c1-5-30-20-9-7-6-8-19(20)26-14-12-25(13-15-26)17(2)23(27)24-18-10-11-21(28-3)22(16-18)29-4/h6-11,16-17H,5,12-15H2,1-4H3,(H,24,27)/p+1/t17-/m1/s1. The summed E-state index contributed by atoms with van der Waals surface area (Å²) in [5.74, 6) is 2.15. The first-order chi connectivity index (χ1) is 14.6. The lowest BCUT2D eigenvalue weighted by atomic mass is 10.2. The van der Waals surface area contributed by atoms with Gasteiger partial charge in [0.25, 0.3) is 5.91 Å². The predicted molar refractivity (Wildman–Crippen MR) is 118 cm³/mol. The third kappa shape index (κ3) is 4.97. The van der Waals surface area contributed by atoms with Crippen LogP contribution in [0.2, 0.25) is 0 Å². The number of methoxy groups -OCH3 is 2. The van der Waals surface area contributed by atoms with E-state index in [-0.39, 0.29) is 11.9 Å². The van der Waals surface area contributed by atoms with Crippen LogP contribution in [-0.4, -0.2) is 59.0 Å². The molecule has 1 heterocycles. The smallest absolute Gasteiger partial charge is 0.282 e. The summed E-state index contributed by atoms with van der Waals surface area (Å²) >= 11 is 0. The Balaban J connectivity index is 1.59. The molecule has 0 unspecified atom stereocenters. The van der Waals surface area contributed by atoms with Crippen LogP contribution in [0.1, 0.15) is 13.8 Å². The van der Waals surface area contributed by atoms with Crippen molar-refractivity contribution in [1.29, 1.82) is 0 Å². The number of benzene rings is 2. The number of hydrogen-bond donors (Lipinski definition) is 2. The molecule has 2 aromatic carbocycles. The average molecular weight is 415 g/mol. The van der Waals surface area contributed by atoms with Crippen molar-refractivity contribution in [2.45, 2.75) is 19.9 Å². The van der Waals surface area contributed by atoms with Gasteiger partial charge in [-0.15, -0.1) is 0 Å². The second-order valence-electron chi connectivity index (χ2n) is 7.33. The molecular formula is C23H32N3O4+. The number of nitrogens with one attached hydrogen (secondary N) is 2. The lowest BCUT2D eigenvalue weighted by molar-refractivity contribution is -0.914. The van der Waals surface area contributed by atoms with E-state index < -0.39 is 0 Å². The molecule has 0 bridgehead atoms. The maximum Gasteiger partial charge on any atom is 0.282 e. The molecule has 7 heteroatoms. The maximum atomic E-state index is 12.8. The Morgan fingerprint density at radius 3 is 2.43 bits per heavy atom. The third-order valence-corrected chi connectivity index (χ3v) is 5.57. The predicted octanol–water partition coefficient (Wildman–Crippen LogP) is 1.83. The molecule has 0 saturated carbocycles. The van der Waals surface area contributed by atoms with Gasteiger partial charge in [0.15, 0.2) is 17.5 Å². The van der Waals surface area contributed by atoms with Gasteiger partial charge < -0.3 is 29.3 Å². The zero-order valence-electron chi connectivity index (χ0n) is 18.2. The highest BCUT2D eigenvalue weighted by Crippen LogP contribution is 2.30. The number of nitrogens with zero attached hydrogens (tertiary/aromatic N) is 1. The molecule has 7 nitrogen and oxygen atoms in total. The fourth-order valence-electron chi connectivity index (χ4n) is 3.81.